The van der Waals surface area contributed by atoms with E-state index in [1.54, 1.807) is 0 Å². The zero-order chi connectivity index (χ0) is 15.6. The van der Waals surface area contributed by atoms with E-state index in [-0.39, 0.29) is 0 Å². The maximum Gasteiger partial charge on any atom is 0.232 e. The summed E-state index contributed by atoms with van der Waals surface area (Å²) in [5.74, 6) is 1.86. The standard InChI is InChI=1S/C18H23N3O2/c1-2-13-3-5-14(6-4-13)17-19-18(23-20-17)15-11-21(12-15)16-7-9-22-10-8-16/h3-6,15-16H,2,7-12H2,1H3. The minimum Gasteiger partial charge on any atom is -0.381 e. The molecule has 2 fully saturated rings. The molecule has 0 N–H and O–H groups in total. The molecule has 1 aromatic carbocycles. The van der Waals surface area contributed by atoms with E-state index in [1.165, 1.54) is 5.56 Å². The van der Waals surface area contributed by atoms with E-state index in [9.17, 15) is 0 Å². The molecule has 0 amide bonds. The summed E-state index contributed by atoms with van der Waals surface area (Å²) in [5, 5.41) is 4.16. The molecule has 5 heteroatoms. The number of hydrogen-bond acceptors (Lipinski definition) is 5. The van der Waals surface area contributed by atoms with Gasteiger partial charge in [0.25, 0.3) is 0 Å². The number of benzene rings is 1. The van der Waals surface area contributed by atoms with E-state index in [4.69, 9.17) is 9.26 Å². The van der Waals surface area contributed by atoms with Gasteiger partial charge in [-0.15, -0.1) is 0 Å². The Morgan fingerprint density at radius 3 is 2.57 bits per heavy atom. The number of aromatic nitrogens is 2. The van der Waals surface area contributed by atoms with Gasteiger partial charge < -0.3 is 9.26 Å². The largest absolute Gasteiger partial charge is 0.381 e. The molecular weight excluding hydrogens is 290 g/mol. The van der Waals surface area contributed by atoms with Gasteiger partial charge in [-0.25, -0.2) is 0 Å². The lowest BCUT2D eigenvalue weighted by atomic mass is 9.94. The fourth-order valence-corrected chi connectivity index (χ4v) is 3.43. The van der Waals surface area contributed by atoms with Crippen LogP contribution in [0.15, 0.2) is 28.8 Å². The van der Waals surface area contributed by atoms with E-state index in [0.717, 1.165) is 57.0 Å². The van der Waals surface area contributed by atoms with Crippen molar-refractivity contribution in [1.29, 1.82) is 0 Å². The van der Waals surface area contributed by atoms with Crippen LogP contribution in [0, 0.1) is 0 Å². The van der Waals surface area contributed by atoms with Crippen LogP contribution in [0.2, 0.25) is 0 Å². The highest BCUT2D eigenvalue weighted by atomic mass is 16.5. The average molecular weight is 313 g/mol. The number of hydrogen-bond donors (Lipinski definition) is 0. The summed E-state index contributed by atoms with van der Waals surface area (Å²) < 4.78 is 10.9. The van der Waals surface area contributed by atoms with Crippen LogP contribution in [0.4, 0.5) is 0 Å². The quantitative estimate of drug-likeness (QED) is 0.869. The van der Waals surface area contributed by atoms with Crippen LogP contribution in [0.25, 0.3) is 11.4 Å². The van der Waals surface area contributed by atoms with Gasteiger partial charge in [0.05, 0.1) is 5.92 Å². The van der Waals surface area contributed by atoms with Crippen LogP contribution in [0.3, 0.4) is 0 Å². The highest BCUT2D eigenvalue weighted by molar-refractivity contribution is 5.54. The van der Waals surface area contributed by atoms with E-state index >= 15 is 0 Å². The van der Waals surface area contributed by atoms with Crippen molar-refractivity contribution in [2.45, 2.75) is 38.1 Å². The normalized spacial score (nSPS) is 20.6. The Morgan fingerprint density at radius 2 is 1.87 bits per heavy atom. The van der Waals surface area contributed by atoms with Gasteiger partial charge >= 0.3 is 0 Å². The molecular formula is C18H23N3O2. The number of likely N-dealkylation sites (tertiary alicyclic amines) is 1. The summed E-state index contributed by atoms with van der Waals surface area (Å²) in [4.78, 5) is 7.13. The van der Waals surface area contributed by atoms with Crippen molar-refractivity contribution in [3.63, 3.8) is 0 Å². The molecule has 4 rings (SSSR count). The maximum absolute atomic E-state index is 5.50. The zero-order valence-corrected chi connectivity index (χ0v) is 13.6. The second kappa shape index (κ2) is 6.42. The topological polar surface area (TPSA) is 51.4 Å². The Labute approximate surface area is 136 Å². The van der Waals surface area contributed by atoms with Crippen molar-refractivity contribution >= 4 is 0 Å². The summed E-state index contributed by atoms with van der Waals surface area (Å²) in [6, 6.07) is 9.07. The fourth-order valence-electron chi connectivity index (χ4n) is 3.43. The first kappa shape index (κ1) is 14.8. The zero-order valence-electron chi connectivity index (χ0n) is 13.6. The summed E-state index contributed by atoms with van der Waals surface area (Å²) in [6.07, 6.45) is 3.33. The van der Waals surface area contributed by atoms with E-state index < -0.39 is 0 Å². The van der Waals surface area contributed by atoms with Gasteiger partial charge in [0.2, 0.25) is 11.7 Å². The van der Waals surface area contributed by atoms with Crippen molar-refractivity contribution in [2.75, 3.05) is 26.3 Å². The van der Waals surface area contributed by atoms with Crippen molar-refractivity contribution in [3.05, 3.63) is 35.7 Å². The van der Waals surface area contributed by atoms with Crippen molar-refractivity contribution < 1.29 is 9.26 Å². The van der Waals surface area contributed by atoms with E-state index in [2.05, 4.69) is 46.2 Å². The molecule has 2 saturated heterocycles. The Balaban J connectivity index is 1.38. The highest BCUT2D eigenvalue weighted by Gasteiger charge is 2.37. The van der Waals surface area contributed by atoms with Gasteiger partial charge in [-0.3, -0.25) is 4.90 Å². The van der Waals surface area contributed by atoms with Crippen LogP contribution in [0.5, 0.6) is 0 Å². The highest BCUT2D eigenvalue weighted by Crippen LogP contribution is 2.31. The van der Waals surface area contributed by atoms with Crippen LogP contribution in [0.1, 0.15) is 37.1 Å². The molecule has 122 valence electrons. The van der Waals surface area contributed by atoms with Crippen molar-refractivity contribution in [2.24, 2.45) is 0 Å². The lowest BCUT2D eigenvalue weighted by Gasteiger charge is -2.44. The maximum atomic E-state index is 5.50. The summed E-state index contributed by atoms with van der Waals surface area (Å²) in [5.41, 5.74) is 2.35. The first-order chi connectivity index (χ1) is 11.3. The molecule has 0 atom stereocenters. The first-order valence-corrected chi connectivity index (χ1v) is 8.58. The van der Waals surface area contributed by atoms with E-state index in [1.807, 2.05) is 0 Å². The lowest BCUT2D eigenvalue weighted by molar-refractivity contribution is -0.00324. The second-order valence-electron chi connectivity index (χ2n) is 6.50. The fraction of sp³-hybridized carbons (Fsp3) is 0.556. The van der Waals surface area contributed by atoms with Crippen molar-refractivity contribution in [1.82, 2.24) is 15.0 Å². The molecule has 0 aliphatic carbocycles. The molecule has 0 radical (unpaired) electrons. The average Bonchev–Trinajstić information content (AvgIpc) is 3.04. The molecule has 3 heterocycles. The molecule has 0 unspecified atom stereocenters. The van der Waals surface area contributed by atoms with Gasteiger partial charge in [0.1, 0.15) is 0 Å². The van der Waals surface area contributed by atoms with Gasteiger partial charge in [0.15, 0.2) is 0 Å². The minimum absolute atomic E-state index is 0.383. The molecule has 2 aliphatic heterocycles. The monoisotopic (exact) mass is 313 g/mol. The Morgan fingerprint density at radius 1 is 1.13 bits per heavy atom. The SMILES string of the molecule is CCc1ccc(-c2noc(C3CN(C4CCOCC4)C3)n2)cc1. The molecule has 0 bridgehead atoms. The number of rotatable bonds is 4. The molecule has 0 saturated carbocycles. The summed E-state index contributed by atoms with van der Waals surface area (Å²) >= 11 is 0. The third kappa shape index (κ3) is 3.03. The first-order valence-electron chi connectivity index (χ1n) is 8.58. The molecule has 2 aromatic rings. The second-order valence-corrected chi connectivity index (χ2v) is 6.50. The molecule has 2 aliphatic rings. The Hall–Kier alpha value is -1.72. The molecule has 1 aromatic heterocycles. The van der Waals surface area contributed by atoms with Crippen LogP contribution < -0.4 is 0 Å². The predicted octanol–water partition coefficient (Wildman–Crippen LogP) is 2.88. The lowest BCUT2D eigenvalue weighted by Crippen LogP contribution is -2.52. The molecule has 0 spiro atoms. The van der Waals surface area contributed by atoms with Gasteiger partial charge in [0, 0.05) is 37.9 Å². The van der Waals surface area contributed by atoms with Crippen molar-refractivity contribution in [3.8, 4) is 11.4 Å². The Bertz CT molecular complexity index is 641. The molecule has 5 nitrogen and oxygen atoms in total. The Kier molecular flexibility index (Phi) is 4.14. The smallest absolute Gasteiger partial charge is 0.232 e. The number of nitrogens with zero attached hydrogens (tertiary/aromatic N) is 3. The number of ether oxygens (including phenoxy) is 1. The van der Waals surface area contributed by atoms with Gasteiger partial charge in [-0.05, 0) is 24.8 Å². The predicted molar refractivity (Wildman–Crippen MR) is 87.3 cm³/mol. The van der Waals surface area contributed by atoms with Crippen LogP contribution >= 0.6 is 0 Å². The summed E-state index contributed by atoms with van der Waals surface area (Å²) in [7, 11) is 0. The van der Waals surface area contributed by atoms with Gasteiger partial charge in [-0.2, -0.15) is 4.98 Å². The van der Waals surface area contributed by atoms with E-state index in [0.29, 0.717) is 17.8 Å². The number of aryl methyl sites for hydroxylation is 1. The third-order valence-electron chi connectivity index (χ3n) is 5.03. The molecule has 23 heavy (non-hydrogen) atoms. The third-order valence-corrected chi connectivity index (χ3v) is 5.03. The van der Waals surface area contributed by atoms with Crippen LogP contribution in [-0.2, 0) is 11.2 Å². The van der Waals surface area contributed by atoms with Crippen LogP contribution in [-0.4, -0.2) is 47.4 Å². The summed E-state index contributed by atoms with van der Waals surface area (Å²) in [6.45, 7) is 6.00. The minimum atomic E-state index is 0.383. The van der Waals surface area contributed by atoms with Gasteiger partial charge in [-0.1, -0.05) is 36.3 Å².